The molecule has 3 rings (SSSR count). The van der Waals surface area contributed by atoms with E-state index in [0.717, 1.165) is 68.6 Å². The maximum atomic E-state index is 12.2. The molecule has 1 aromatic heterocycles. The number of hydrogen-bond acceptors (Lipinski definition) is 6. The highest BCUT2D eigenvalue weighted by molar-refractivity contribution is 7.13. The van der Waals surface area contributed by atoms with E-state index in [9.17, 15) is 4.79 Å². The summed E-state index contributed by atoms with van der Waals surface area (Å²) in [5.74, 6) is 0.0443. The number of nitrogens with one attached hydrogen (secondary N) is 1. The van der Waals surface area contributed by atoms with Gasteiger partial charge in [0.2, 0.25) is 5.91 Å². The van der Waals surface area contributed by atoms with Crippen LogP contribution in [0.5, 0.6) is 0 Å². The molecule has 0 aliphatic carbocycles. The molecule has 1 fully saturated rings. The monoisotopic (exact) mass is 429 g/mol. The van der Waals surface area contributed by atoms with Crippen LogP contribution in [-0.4, -0.2) is 85.0 Å². The van der Waals surface area contributed by atoms with E-state index >= 15 is 0 Å². The molecule has 1 N–H and O–H groups in total. The van der Waals surface area contributed by atoms with E-state index in [4.69, 9.17) is 4.98 Å². The molecule has 7 heteroatoms. The first kappa shape index (κ1) is 22.9. The fraction of sp³-hybridized carbons (Fsp3) is 0.565. The molecular formula is C23H35N5OS. The van der Waals surface area contributed by atoms with Crippen molar-refractivity contribution in [2.75, 3.05) is 59.4 Å². The number of thiazole rings is 1. The van der Waals surface area contributed by atoms with Crippen LogP contribution in [0.2, 0.25) is 0 Å². The van der Waals surface area contributed by atoms with Crippen LogP contribution in [0.25, 0.3) is 10.6 Å². The number of rotatable bonds is 10. The summed E-state index contributed by atoms with van der Waals surface area (Å²) in [6.07, 6.45) is 0.343. The molecule has 1 amide bonds. The number of hydrogen-bond donors (Lipinski definition) is 1. The lowest BCUT2D eigenvalue weighted by molar-refractivity contribution is -0.120. The second kappa shape index (κ2) is 11.6. The van der Waals surface area contributed by atoms with Gasteiger partial charge in [0.05, 0.1) is 12.1 Å². The SMILES string of the molecule is CCN(CC)CCNC(=O)Cc1csc(-c2cccc(CN3CCN(C)CC3)c2)n1. The minimum absolute atomic E-state index is 0.0443. The van der Waals surface area contributed by atoms with E-state index in [-0.39, 0.29) is 5.91 Å². The first-order valence-corrected chi connectivity index (χ1v) is 11.9. The van der Waals surface area contributed by atoms with Gasteiger partial charge in [0, 0.05) is 56.8 Å². The van der Waals surface area contributed by atoms with Crippen LogP contribution in [0, 0.1) is 0 Å². The molecule has 0 radical (unpaired) electrons. The van der Waals surface area contributed by atoms with E-state index in [1.54, 1.807) is 11.3 Å². The molecule has 2 aromatic rings. The zero-order valence-corrected chi connectivity index (χ0v) is 19.4. The Balaban J connectivity index is 1.52. The zero-order valence-electron chi connectivity index (χ0n) is 18.6. The molecule has 164 valence electrons. The number of piperazine rings is 1. The molecule has 1 aromatic carbocycles. The lowest BCUT2D eigenvalue weighted by atomic mass is 10.1. The molecule has 0 atom stereocenters. The standard InChI is InChI=1S/C23H35N5OS/c1-4-27(5-2)10-9-24-22(29)16-21-18-30-23(25-21)20-8-6-7-19(15-20)17-28-13-11-26(3)12-14-28/h6-8,15,18H,4-5,9-14,16-17H2,1-3H3,(H,24,29). The van der Waals surface area contributed by atoms with E-state index in [0.29, 0.717) is 13.0 Å². The second-order valence-corrected chi connectivity index (χ2v) is 8.84. The summed E-state index contributed by atoms with van der Waals surface area (Å²) in [6, 6.07) is 8.66. The molecule has 0 bridgehead atoms. The molecule has 0 unspecified atom stereocenters. The van der Waals surface area contributed by atoms with Gasteiger partial charge < -0.3 is 15.1 Å². The Kier molecular flexibility index (Phi) is 8.81. The highest BCUT2D eigenvalue weighted by Gasteiger charge is 2.15. The Morgan fingerprint density at radius 2 is 1.97 bits per heavy atom. The average Bonchev–Trinajstić information content (AvgIpc) is 3.21. The number of amides is 1. The van der Waals surface area contributed by atoms with Gasteiger partial charge in [0.1, 0.15) is 5.01 Å². The largest absolute Gasteiger partial charge is 0.354 e. The van der Waals surface area contributed by atoms with Crippen molar-refractivity contribution in [1.82, 2.24) is 25.0 Å². The first-order valence-electron chi connectivity index (χ1n) is 11.0. The van der Waals surface area contributed by atoms with Crippen LogP contribution >= 0.6 is 11.3 Å². The fourth-order valence-corrected chi connectivity index (χ4v) is 4.52. The highest BCUT2D eigenvalue weighted by Crippen LogP contribution is 2.25. The van der Waals surface area contributed by atoms with Crippen molar-refractivity contribution in [2.24, 2.45) is 0 Å². The number of benzene rings is 1. The summed E-state index contributed by atoms with van der Waals surface area (Å²) < 4.78 is 0. The Morgan fingerprint density at radius 3 is 2.70 bits per heavy atom. The number of likely N-dealkylation sites (N-methyl/N-ethyl adjacent to an activating group) is 2. The number of aromatic nitrogens is 1. The van der Waals surface area contributed by atoms with Crippen molar-refractivity contribution in [3.63, 3.8) is 0 Å². The van der Waals surface area contributed by atoms with Crippen molar-refractivity contribution in [1.29, 1.82) is 0 Å². The second-order valence-electron chi connectivity index (χ2n) is 7.98. The van der Waals surface area contributed by atoms with E-state index in [2.05, 4.69) is 65.2 Å². The molecule has 2 heterocycles. The summed E-state index contributed by atoms with van der Waals surface area (Å²) in [6.45, 7) is 13.4. The molecule has 1 saturated heterocycles. The summed E-state index contributed by atoms with van der Waals surface area (Å²) in [5, 5.41) is 6.01. The maximum absolute atomic E-state index is 12.2. The molecule has 0 spiro atoms. The zero-order chi connectivity index (χ0) is 21.3. The quantitative estimate of drug-likeness (QED) is 0.629. The van der Waals surface area contributed by atoms with Gasteiger partial charge in [-0.2, -0.15) is 0 Å². The Hall–Kier alpha value is -1.80. The van der Waals surface area contributed by atoms with Crippen LogP contribution in [0.3, 0.4) is 0 Å². The number of carbonyl (C=O) groups is 1. The van der Waals surface area contributed by atoms with Crippen LogP contribution in [0.1, 0.15) is 25.1 Å². The Morgan fingerprint density at radius 1 is 1.20 bits per heavy atom. The Labute approximate surface area is 184 Å². The maximum Gasteiger partial charge on any atom is 0.226 e. The third-order valence-electron chi connectivity index (χ3n) is 5.71. The van der Waals surface area contributed by atoms with Crippen LogP contribution in [0.4, 0.5) is 0 Å². The molecule has 1 aliphatic rings. The van der Waals surface area contributed by atoms with E-state index in [1.807, 2.05) is 5.38 Å². The third-order valence-corrected chi connectivity index (χ3v) is 6.65. The van der Waals surface area contributed by atoms with Crippen molar-refractivity contribution in [3.8, 4) is 10.6 Å². The van der Waals surface area contributed by atoms with Gasteiger partial charge in [-0.25, -0.2) is 4.98 Å². The lowest BCUT2D eigenvalue weighted by Gasteiger charge is -2.32. The molecule has 1 aliphatic heterocycles. The van der Waals surface area contributed by atoms with Gasteiger partial charge in [-0.3, -0.25) is 9.69 Å². The van der Waals surface area contributed by atoms with Gasteiger partial charge in [0.15, 0.2) is 0 Å². The van der Waals surface area contributed by atoms with Crippen molar-refractivity contribution >= 4 is 17.2 Å². The predicted octanol–water partition coefficient (Wildman–Crippen LogP) is 2.56. The predicted molar refractivity (Wildman–Crippen MR) is 125 cm³/mol. The Bertz CT molecular complexity index is 796. The topological polar surface area (TPSA) is 51.7 Å². The minimum Gasteiger partial charge on any atom is -0.354 e. The van der Waals surface area contributed by atoms with Gasteiger partial charge in [-0.1, -0.05) is 32.0 Å². The summed E-state index contributed by atoms with van der Waals surface area (Å²) >= 11 is 1.62. The molecule has 6 nitrogen and oxygen atoms in total. The van der Waals surface area contributed by atoms with Crippen LogP contribution in [0.15, 0.2) is 29.6 Å². The third kappa shape index (κ3) is 6.87. The van der Waals surface area contributed by atoms with Gasteiger partial charge in [0.25, 0.3) is 0 Å². The smallest absolute Gasteiger partial charge is 0.226 e. The summed E-state index contributed by atoms with van der Waals surface area (Å²) in [7, 11) is 2.18. The summed E-state index contributed by atoms with van der Waals surface area (Å²) in [5.41, 5.74) is 3.31. The van der Waals surface area contributed by atoms with E-state index in [1.165, 1.54) is 5.56 Å². The normalized spacial score (nSPS) is 15.6. The van der Waals surface area contributed by atoms with Crippen molar-refractivity contribution in [3.05, 3.63) is 40.9 Å². The molecule has 30 heavy (non-hydrogen) atoms. The molecular weight excluding hydrogens is 394 g/mol. The first-order chi connectivity index (χ1) is 14.6. The van der Waals surface area contributed by atoms with Gasteiger partial charge in [-0.05, 0) is 31.8 Å². The van der Waals surface area contributed by atoms with Crippen LogP contribution in [-0.2, 0) is 17.8 Å². The van der Waals surface area contributed by atoms with E-state index < -0.39 is 0 Å². The average molecular weight is 430 g/mol. The lowest BCUT2D eigenvalue weighted by Crippen LogP contribution is -2.43. The van der Waals surface area contributed by atoms with Crippen molar-refractivity contribution < 1.29 is 4.79 Å². The van der Waals surface area contributed by atoms with Gasteiger partial charge >= 0.3 is 0 Å². The summed E-state index contributed by atoms with van der Waals surface area (Å²) in [4.78, 5) is 24.2. The van der Waals surface area contributed by atoms with Crippen LogP contribution < -0.4 is 5.32 Å². The number of nitrogens with zero attached hydrogens (tertiary/aromatic N) is 4. The highest BCUT2D eigenvalue weighted by atomic mass is 32.1. The van der Waals surface area contributed by atoms with Crippen molar-refractivity contribution in [2.45, 2.75) is 26.8 Å². The fourth-order valence-electron chi connectivity index (χ4n) is 3.71. The number of carbonyl (C=O) groups excluding carboxylic acids is 1. The minimum atomic E-state index is 0.0443. The molecule has 0 saturated carbocycles. The van der Waals surface area contributed by atoms with Gasteiger partial charge in [-0.15, -0.1) is 11.3 Å².